The molecule has 0 unspecified atom stereocenters. The molecule has 0 aliphatic rings. The van der Waals surface area contributed by atoms with Crippen LogP contribution < -0.4 is 10.6 Å². The van der Waals surface area contributed by atoms with E-state index in [0.29, 0.717) is 5.69 Å². The van der Waals surface area contributed by atoms with Gasteiger partial charge in [0.25, 0.3) is 0 Å². The number of carbonyl (C=O) groups is 2. The third-order valence-electron chi connectivity index (χ3n) is 3.10. The third kappa shape index (κ3) is 6.54. The van der Waals surface area contributed by atoms with Crippen molar-refractivity contribution in [2.24, 2.45) is 0 Å². The van der Waals surface area contributed by atoms with Gasteiger partial charge in [0.2, 0.25) is 5.91 Å². The van der Waals surface area contributed by atoms with Crippen molar-refractivity contribution in [3.8, 4) is 11.3 Å². The molecule has 0 radical (unpaired) electrons. The zero-order chi connectivity index (χ0) is 18.4. The number of hydrogen-bond donors (Lipinski definition) is 2. The van der Waals surface area contributed by atoms with E-state index < -0.39 is 11.7 Å². The molecule has 0 atom stereocenters. The lowest BCUT2D eigenvalue weighted by molar-refractivity contribution is -0.116. The summed E-state index contributed by atoms with van der Waals surface area (Å²) in [7, 11) is 0. The Kier molecular flexibility index (Phi) is 6.14. The van der Waals surface area contributed by atoms with Crippen LogP contribution in [0.3, 0.4) is 0 Å². The lowest BCUT2D eigenvalue weighted by atomic mass is 10.1. The highest BCUT2D eigenvalue weighted by atomic mass is 32.1. The van der Waals surface area contributed by atoms with Crippen molar-refractivity contribution in [3.63, 3.8) is 0 Å². The van der Waals surface area contributed by atoms with Gasteiger partial charge < -0.3 is 15.4 Å². The van der Waals surface area contributed by atoms with Crippen LogP contribution in [0.25, 0.3) is 11.3 Å². The second kappa shape index (κ2) is 8.11. The van der Waals surface area contributed by atoms with E-state index in [2.05, 4.69) is 15.6 Å². The van der Waals surface area contributed by atoms with Crippen LogP contribution in [0, 0.1) is 6.92 Å². The van der Waals surface area contributed by atoms with Gasteiger partial charge >= 0.3 is 6.09 Å². The number of ether oxygens (including phenoxy) is 1. The van der Waals surface area contributed by atoms with E-state index in [0.717, 1.165) is 16.3 Å². The molecule has 0 saturated heterocycles. The smallest absolute Gasteiger partial charge is 0.407 e. The summed E-state index contributed by atoms with van der Waals surface area (Å²) in [6, 6.07) is 7.51. The molecule has 1 heterocycles. The Labute approximate surface area is 151 Å². The molecule has 2 rings (SSSR count). The SMILES string of the molecule is Cc1nc(-c2ccc(NC(=O)CCNC(=O)OC(C)(C)C)cc2)cs1. The number of anilines is 1. The number of nitrogens with zero attached hydrogens (tertiary/aromatic N) is 1. The number of rotatable bonds is 5. The summed E-state index contributed by atoms with van der Waals surface area (Å²) in [4.78, 5) is 27.9. The van der Waals surface area contributed by atoms with Crippen LogP contribution in [0.4, 0.5) is 10.5 Å². The molecule has 7 heteroatoms. The highest BCUT2D eigenvalue weighted by molar-refractivity contribution is 7.09. The van der Waals surface area contributed by atoms with E-state index in [4.69, 9.17) is 4.74 Å². The predicted molar refractivity (Wildman–Crippen MR) is 99.8 cm³/mol. The van der Waals surface area contributed by atoms with Gasteiger partial charge in [-0.3, -0.25) is 4.79 Å². The second-order valence-corrected chi connectivity index (χ2v) is 7.62. The molecule has 134 valence electrons. The molecule has 0 fully saturated rings. The number of carbonyl (C=O) groups excluding carboxylic acids is 2. The second-order valence-electron chi connectivity index (χ2n) is 6.56. The van der Waals surface area contributed by atoms with Crippen molar-refractivity contribution in [2.45, 2.75) is 39.7 Å². The molecule has 2 aromatic rings. The molecular formula is C18H23N3O3S. The van der Waals surface area contributed by atoms with Crippen LogP contribution in [-0.2, 0) is 9.53 Å². The topological polar surface area (TPSA) is 80.3 Å². The predicted octanol–water partition coefficient (Wildman–Crippen LogP) is 3.97. The largest absolute Gasteiger partial charge is 0.444 e. The molecule has 2 amide bonds. The normalized spacial score (nSPS) is 11.0. The van der Waals surface area contributed by atoms with Gasteiger partial charge in [0.05, 0.1) is 10.7 Å². The summed E-state index contributed by atoms with van der Waals surface area (Å²) in [5, 5.41) is 8.38. The van der Waals surface area contributed by atoms with E-state index >= 15 is 0 Å². The van der Waals surface area contributed by atoms with Crippen molar-refractivity contribution >= 4 is 29.0 Å². The number of thiazole rings is 1. The average Bonchev–Trinajstić information content (AvgIpc) is 2.92. The zero-order valence-corrected chi connectivity index (χ0v) is 15.7. The van der Waals surface area contributed by atoms with Crippen LogP contribution in [-0.4, -0.2) is 29.1 Å². The van der Waals surface area contributed by atoms with Crippen molar-refractivity contribution in [3.05, 3.63) is 34.7 Å². The Balaban J connectivity index is 1.78. The van der Waals surface area contributed by atoms with Gasteiger partial charge in [0.15, 0.2) is 0 Å². The molecule has 6 nitrogen and oxygen atoms in total. The van der Waals surface area contributed by atoms with Crippen LogP contribution in [0.15, 0.2) is 29.6 Å². The van der Waals surface area contributed by atoms with E-state index in [1.807, 2.05) is 36.6 Å². The Hall–Kier alpha value is -2.41. The number of nitrogens with one attached hydrogen (secondary N) is 2. The van der Waals surface area contributed by atoms with Crippen molar-refractivity contribution in [2.75, 3.05) is 11.9 Å². The van der Waals surface area contributed by atoms with E-state index in [9.17, 15) is 9.59 Å². The number of amides is 2. The standard InChI is InChI=1S/C18H23N3O3S/c1-12-20-15(11-25-12)13-5-7-14(8-6-13)21-16(22)9-10-19-17(23)24-18(2,3)4/h5-8,11H,9-10H2,1-4H3,(H,19,23)(H,21,22). The average molecular weight is 361 g/mol. The first-order valence-electron chi connectivity index (χ1n) is 8.02. The molecule has 1 aromatic heterocycles. The summed E-state index contributed by atoms with van der Waals surface area (Å²) < 4.78 is 5.11. The van der Waals surface area contributed by atoms with Gasteiger partial charge in [0, 0.05) is 29.6 Å². The summed E-state index contributed by atoms with van der Waals surface area (Å²) in [5.41, 5.74) is 2.10. The fourth-order valence-electron chi connectivity index (χ4n) is 2.04. The quantitative estimate of drug-likeness (QED) is 0.844. The number of aromatic nitrogens is 1. The molecule has 25 heavy (non-hydrogen) atoms. The van der Waals surface area contributed by atoms with E-state index in [1.165, 1.54) is 0 Å². The van der Waals surface area contributed by atoms with Gasteiger partial charge in [-0.25, -0.2) is 9.78 Å². The highest BCUT2D eigenvalue weighted by Gasteiger charge is 2.15. The van der Waals surface area contributed by atoms with Crippen LogP contribution in [0.2, 0.25) is 0 Å². The number of alkyl carbamates (subject to hydrolysis) is 1. The third-order valence-corrected chi connectivity index (χ3v) is 3.88. The monoisotopic (exact) mass is 361 g/mol. The Bertz CT molecular complexity index is 733. The molecule has 0 saturated carbocycles. The molecule has 0 bridgehead atoms. The van der Waals surface area contributed by atoms with Gasteiger partial charge in [-0.15, -0.1) is 11.3 Å². The van der Waals surface area contributed by atoms with Crippen molar-refractivity contribution in [1.29, 1.82) is 0 Å². The maximum absolute atomic E-state index is 11.9. The molecular weight excluding hydrogens is 338 g/mol. The summed E-state index contributed by atoms with van der Waals surface area (Å²) in [5.74, 6) is -0.173. The molecule has 0 spiro atoms. The Morgan fingerprint density at radius 3 is 2.44 bits per heavy atom. The maximum Gasteiger partial charge on any atom is 0.407 e. The van der Waals surface area contributed by atoms with E-state index in [-0.39, 0.29) is 18.9 Å². The fraction of sp³-hybridized carbons (Fsp3) is 0.389. The van der Waals surface area contributed by atoms with Gasteiger partial charge in [-0.1, -0.05) is 12.1 Å². The van der Waals surface area contributed by atoms with Crippen LogP contribution >= 0.6 is 11.3 Å². The minimum atomic E-state index is -0.552. The summed E-state index contributed by atoms with van der Waals surface area (Å²) in [6.07, 6.45) is -0.352. The summed E-state index contributed by atoms with van der Waals surface area (Å²) in [6.45, 7) is 7.55. The number of hydrogen-bond acceptors (Lipinski definition) is 5. The minimum absolute atomic E-state index is 0.173. The maximum atomic E-state index is 11.9. The van der Waals surface area contributed by atoms with E-state index in [1.54, 1.807) is 32.1 Å². The fourth-order valence-corrected chi connectivity index (χ4v) is 2.66. The highest BCUT2D eigenvalue weighted by Crippen LogP contribution is 2.23. The lowest BCUT2D eigenvalue weighted by Gasteiger charge is -2.19. The first-order chi connectivity index (χ1) is 11.7. The van der Waals surface area contributed by atoms with Crippen LogP contribution in [0.1, 0.15) is 32.2 Å². The number of benzene rings is 1. The Morgan fingerprint density at radius 1 is 1.20 bits per heavy atom. The van der Waals surface area contributed by atoms with Crippen molar-refractivity contribution < 1.29 is 14.3 Å². The van der Waals surface area contributed by atoms with Crippen LogP contribution in [0.5, 0.6) is 0 Å². The summed E-state index contributed by atoms with van der Waals surface area (Å²) >= 11 is 1.60. The lowest BCUT2D eigenvalue weighted by Crippen LogP contribution is -2.34. The van der Waals surface area contributed by atoms with Gasteiger partial charge in [-0.05, 0) is 39.8 Å². The number of aryl methyl sites for hydroxylation is 1. The van der Waals surface area contributed by atoms with Gasteiger partial charge in [0.1, 0.15) is 5.60 Å². The zero-order valence-electron chi connectivity index (χ0n) is 14.9. The molecule has 1 aromatic carbocycles. The van der Waals surface area contributed by atoms with Crippen molar-refractivity contribution in [1.82, 2.24) is 10.3 Å². The first kappa shape index (κ1) is 18.9. The van der Waals surface area contributed by atoms with Gasteiger partial charge in [-0.2, -0.15) is 0 Å². The Morgan fingerprint density at radius 2 is 1.88 bits per heavy atom. The first-order valence-corrected chi connectivity index (χ1v) is 8.90. The molecule has 0 aliphatic heterocycles. The molecule has 0 aliphatic carbocycles. The molecule has 2 N–H and O–H groups in total. The minimum Gasteiger partial charge on any atom is -0.444 e.